The summed E-state index contributed by atoms with van der Waals surface area (Å²) >= 11 is 6.10. The zero-order chi connectivity index (χ0) is 10.8. The van der Waals surface area contributed by atoms with Gasteiger partial charge in [0.1, 0.15) is 0 Å². The number of fused-ring (bicyclic) bond motifs is 1. The van der Waals surface area contributed by atoms with Crippen molar-refractivity contribution in [3.8, 4) is 11.5 Å². The zero-order valence-corrected chi connectivity index (χ0v) is 9.13. The van der Waals surface area contributed by atoms with Crippen LogP contribution in [0, 0.1) is 0 Å². The predicted molar refractivity (Wildman–Crippen MR) is 55.9 cm³/mol. The topological polar surface area (TPSA) is 53.7 Å². The van der Waals surface area contributed by atoms with Gasteiger partial charge in [0.05, 0.1) is 11.6 Å². The second kappa shape index (κ2) is 4.26. The Labute approximate surface area is 92.8 Å². The molecular weight excluding hydrogens is 218 g/mol. The highest BCUT2D eigenvalue weighted by molar-refractivity contribution is 6.31. The Morgan fingerprint density at radius 3 is 2.93 bits per heavy atom. The van der Waals surface area contributed by atoms with Crippen molar-refractivity contribution in [2.75, 3.05) is 6.79 Å². The first kappa shape index (κ1) is 10.5. The highest BCUT2D eigenvalue weighted by Gasteiger charge is 2.22. The molecule has 0 atom stereocenters. The molecule has 0 radical (unpaired) electrons. The Hall–Kier alpha value is -0.970. The first-order valence-electron chi connectivity index (χ1n) is 4.69. The molecule has 1 aliphatic rings. The van der Waals surface area contributed by atoms with Crippen LogP contribution in [0.25, 0.3) is 0 Å². The molecular formula is C10H12ClNO3. The second-order valence-corrected chi connectivity index (χ2v) is 3.62. The molecule has 0 unspecified atom stereocenters. The number of benzene rings is 1. The minimum absolute atomic E-state index is 0.242. The van der Waals surface area contributed by atoms with E-state index in [4.69, 9.17) is 27.0 Å². The summed E-state index contributed by atoms with van der Waals surface area (Å²) in [6, 6.07) is 1.73. The van der Waals surface area contributed by atoms with Crippen LogP contribution in [0.5, 0.6) is 11.5 Å². The van der Waals surface area contributed by atoms with Crippen molar-refractivity contribution in [1.82, 2.24) is 0 Å². The highest BCUT2D eigenvalue weighted by Crippen LogP contribution is 2.41. The number of ether oxygens (including phenoxy) is 2. The minimum atomic E-state index is 0.242. The summed E-state index contributed by atoms with van der Waals surface area (Å²) in [6.45, 7) is 2.54. The zero-order valence-electron chi connectivity index (χ0n) is 8.38. The lowest BCUT2D eigenvalue weighted by Gasteiger charge is -2.11. The van der Waals surface area contributed by atoms with Gasteiger partial charge in [-0.1, -0.05) is 18.5 Å². The number of rotatable bonds is 3. The number of halogens is 1. The summed E-state index contributed by atoms with van der Waals surface area (Å²) in [5.41, 5.74) is 1.87. The molecule has 0 saturated carbocycles. The molecule has 0 spiro atoms. The van der Waals surface area contributed by atoms with Gasteiger partial charge in [0.2, 0.25) is 6.79 Å². The maximum Gasteiger partial charge on any atom is 0.231 e. The second-order valence-electron chi connectivity index (χ2n) is 3.21. The van der Waals surface area contributed by atoms with Gasteiger partial charge in [0.15, 0.2) is 11.5 Å². The lowest BCUT2D eigenvalue weighted by atomic mass is 10.0. The van der Waals surface area contributed by atoms with E-state index in [-0.39, 0.29) is 13.4 Å². The van der Waals surface area contributed by atoms with Crippen molar-refractivity contribution < 1.29 is 14.3 Å². The first-order valence-corrected chi connectivity index (χ1v) is 5.07. The average molecular weight is 230 g/mol. The SMILES string of the molecule is CCc1c(CON)c(Cl)cc2c1OCO2. The molecule has 0 aliphatic carbocycles. The molecule has 0 fully saturated rings. The van der Waals surface area contributed by atoms with E-state index in [0.717, 1.165) is 23.3 Å². The molecule has 1 aromatic rings. The van der Waals surface area contributed by atoms with Gasteiger partial charge in [-0.15, -0.1) is 0 Å². The molecule has 2 N–H and O–H groups in total. The maximum atomic E-state index is 6.10. The largest absolute Gasteiger partial charge is 0.454 e. The average Bonchev–Trinajstić information content (AvgIpc) is 2.66. The fourth-order valence-electron chi connectivity index (χ4n) is 1.73. The van der Waals surface area contributed by atoms with Crippen LogP contribution >= 0.6 is 11.6 Å². The van der Waals surface area contributed by atoms with Crippen LogP contribution in [0.15, 0.2) is 6.07 Å². The van der Waals surface area contributed by atoms with E-state index in [1.54, 1.807) is 6.07 Å². The van der Waals surface area contributed by atoms with Crippen molar-refractivity contribution in [3.63, 3.8) is 0 Å². The van der Waals surface area contributed by atoms with E-state index in [2.05, 4.69) is 4.84 Å². The number of hydrogen-bond donors (Lipinski definition) is 1. The molecule has 1 aliphatic heterocycles. The Morgan fingerprint density at radius 2 is 2.27 bits per heavy atom. The molecule has 15 heavy (non-hydrogen) atoms. The summed E-state index contributed by atoms with van der Waals surface area (Å²) in [5, 5.41) is 0.599. The van der Waals surface area contributed by atoms with Gasteiger partial charge in [0, 0.05) is 17.2 Å². The van der Waals surface area contributed by atoms with Crippen LogP contribution in [0.1, 0.15) is 18.1 Å². The van der Waals surface area contributed by atoms with Gasteiger partial charge in [0.25, 0.3) is 0 Å². The van der Waals surface area contributed by atoms with Crippen LogP contribution < -0.4 is 15.4 Å². The standard InChI is InChI=1S/C10H12ClNO3/c1-2-6-7(4-15-12)8(11)3-9-10(6)14-5-13-9/h3H,2,4-5,12H2,1H3. The normalized spacial score (nSPS) is 13.3. The van der Waals surface area contributed by atoms with E-state index < -0.39 is 0 Å². The maximum absolute atomic E-state index is 6.10. The van der Waals surface area contributed by atoms with Crippen LogP contribution in [0.2, 0.25) is 5.02 Å². The van der Waals surface area contributed by atoms with Crippen molar-refractivity contribution in [2.45, 2.75) is 20.0 Å². The minimum Gasteiger partial charge on any atom is -0.454 e. The van der Waals surface area contributed by atoms with Crippen molar-refractivity contribution >= 4 is 11.6 Å². The van der Waals surface area contributed by atoms with Crippen LogP contribution in [-0.2, 0) is 17.9 Å². The smallest absolute Gasteiger partial charge is 0.231 e. The monoisotopic (exact) mass is 229 g/mol. The molecule has 4 nitrogen and oxygen atoms in total. The Kier molecular flexibility index (Phi) is 3.00. The van der Waals surface area contributed by atoms with Crippen LogP contribution in [-0.4, -0.2) is 6.79 Å². The number of hydrogen-bond acceptors (Lipinski definition) is 4. The van der Waals surface area contributed by atoms with Crippen LogP contribution in [0.4, 0.5) is 0 Å². The predicted octanol–water partition coefficient (Wildman–Crippen LogP) is 2.02. The van der Waals surface area contributed by atoms with Crippen molar-refractivity contribution in [2.24, 2.45) is 5.90 Å². The molecule has 2 rings (SSSR count). The van der Waals surface area contributed by atoms with Crippen molar-refractivity contribution in [1.29, 1.82) is 0 Å². The molecule has 0 saturated heterocycles. The summed E-state index contributed by atoms with van der Waals surface area (Å²) in [7, 11) is 0. The molecule has 5 heteroatoms. The van der Waals surface area contributed by atoms with Gasteiger partial charge in [-0.25, -0.2) is 5.90 Å². The highest BCUT2D eigenvalue weighted by atomic mass is 35.5. The fourth-order valence-corrected chi connectivity index (χ4v) is 2.00. The molecule has 0 aromatic heterocycles. The summed E-state index contributed by atoms with van der Waals surface area (Å²) < 4.78 is 10.7. The van der Waals surface area contributed by atoms with E-state index in [9.17, 15) is 0 Å². The Morgan fingerprint density at radius 1 is 1.47 bits per heavy atom. The van der Waals surface area contributed by atoms with Gasteiger partial charge in [-0.2, -0.15) is 0 Å². The lowest BCUT2D eigenvalue weighted by molar-refractivity contribution is 0.123. The fraction of sp³-hybridized carbons (Fsp3) is 0.400. The summed E-state index contributed by atoms with van der Waals surface area (Å²) in [4.78, 5) is 4.63. The quantitative estimate of drug-likeness (QED) is 0.806. The molecule has 0 bridgehead atoms. The van der Waals surface area contributed by atoms with E-state index in [0.29, 0.717) is 10.8 Å². The third-order valence-corrected chi connectivity index (χ3v) is 2.74. The molecule has 1 heterocycles. The molecule has 0 amide bonds. The van der Waals surface area contributed by atoms with E-state index >= 15 is 0 Å². The third-order valence-electron chi connectivity index (χ3n) is 2.41. The summed E-state index contributed by atoms with van der Waals surface area (Å²) in [6.07, 6.45) is 0.797. The van der Waals surface area contributed by atoms with E-state index in [1.165, 1.54) is 0 Å². The molecule has 1 aromatic carbocycles. The third kappa shape index (κ3) is 1.76. The van der Waals surface area contributed by atoms with Crippen molar-refractivity contribution in [3.05, 3.63) is 22.2 Å². The lowest BCUT2D eigenvalue weighted by Crippen LogP contribution is -2.03. The van der Waals surface area contributed by atoms with Gasteiger partial charge in [-0.3, -0.25) is 4.84 Å². The summed E-state index contributed by atoms with van der Waals surface area (Å²) in [5.74, 6) is 6.52. The number of nitrogens with two attached hydrogens (primary N) is 1. The van der Waals surface area contributed by atoms with Gasteiger partial charge >= 0.3 is 0 Å². The van der Waals surface area contributed by atoms with Crippen LogP contribution in [0.3, 0.4) is 0 Å². The molecule has 82 valence electrons. The van der Waals surface area contributed by atoms with E-state index in [1.807, 2.05) is 6.92 Å². The Bertz CT molecular complexity index is 381. The van der Waals surface area contributed by atoms with Gasteiger partial charge < -0.3 is 9.47 Å². The Balaban J connectivity index is 2.53. The van der Waals surface area contributed by atoms with Gasteiger partial charge in [-0.05, 0) is 6.42 Å². The first-order chi connectivity index (χ1) is 7.27.